The summed E-state index contributed by atoms with van der Waals surface area (Å²) in [5, 5.41) is 5.12. The molecule has 1 aromatic rings. The highest BCUT2D eigenvalue weighted by molar-refractivity contribution is 7.89. The summed E-state index contributed by atoms with van der Waals surface area (Å²) < 4.78 is 40.1. The van der Waals surface area contributed by atoms with Crippen molar-refractivity contribution in [3.05, 3.63) is 29.0 Å². The molecular weight excluding hydrogens is 281 g/mol. The van der Waals surface area contributed by atoms with E-state index in [2.05, 4.69) is 0 Å². The SMILES string of the molecule is CCC(COc1ccc(F)cc1Cl)CS(N)(=O)=O. The van der Waals surface area contributed by atoms with Crippen LogP contribution in [0.15, 0.2) is 18.2 Å². The Kier molecular flexibility index (Phi) is 5.37. The van der Waals surface area contributed by atoms with Gasteiger partial charge in [-0.1, -0.05) is 18.5 Å². The van der Waals surface area contributed by atoms with Crippen molar-refractivity contribution in [2.75, 3.05) is 12.4 Å². The molecule has 0 spiro atoms. The Morgan fingerprint density at radius 2 is 2.17 bits per heavy atom. The van der Waals surface area contributed by atoms with Crippen molar-refractivity contribution < 1.29 is 17.5 Å². The zero-order valence-corrected chi connectivity index (χ0v) is 11.5. The molecule has 18 heavy (non-hydrogen) atoms. The maximum Gasteiger partial charge on any atom is 0.209 e. The highest BCUT2D eigenvalue weighted by Crippen LogP contribution is 2.25. The molecule has 0 fully saturated rings. The molecule has 1 rings (SSSR count). The first kappa shape index (κ1) is 15.2. The quantitative estimate of drug-likeness (QED) is 0.874. The van der Waals surface area contributed by atoms with Gasteiger partial charge in [-0.25, -0.2) is 17.9 Å². The van der Waals surface area contributed by atoms with Crippen LogP contribution in [0.2, 0.25) is 5.02 Å². The van der Waals surface area contributed by atoms with Crippen LogP contribution in [-0.2, 0) is 10.0 Å². The topological polar surface area (TPSA) is 69.4 Å². The smallest absolute Gasteiger partial charge is 0.209 e. The zero-order chi connectivity index (χ0) is 13.8. The molecule has 0 aliphatic rings. The van der Waals surface area contributed by atoms with Gasteiger partial charge in [-0.2, -0.15) is 0 Å². The van der Waals surface area contributed by atoms with E-state index in [0.29, 0.717) is 12.2 Å². The summed E-state index contributed by atoms with van der Waals surface area (Å²) in [6.45, 7) is 2.00. The van der Waals surface area contributed by atoms with Crippen molar-refractivity contribution in [1.29, 1.82) is 0 Å². The summed E-state index contributed by atoms with van der Waals surface area (Å²) >= 11 is 5.78. The predicted molar refractivity (Wildman–Crippen MR) is 68.7 cm³/mol. The van der Waals surface area contributed by atoms with E-state index in [1.165, 1.54) is 12.1 Å². The third-order valence-corrected chi connectivity index (χ3v) is 3.65. The average Bonchev–Trinajstić information content (AvgIpc) is 2.24. The van der Waals surface area contributed by atoms with E-state index in [4.69, 9.17) is 21.5 Å². The lowest BCUT2D eigenvalue weighted by Crippen LogP contribution is -2.26. The molecule has 2 N–H and O–H groups in total. The number of sulfonamides is 1. The summed E-state index contributed by atoms with van der Waals surface area (Å²) in [5.74, 6) is -0.501. The van der Waals surface area contributed by atoms with E-state index in [1.54, 1.807) is 0 Å². The minimum Gasteiger partial charge on any atom is -0.492 e. The summed E-state index contributed by atoms with van der Waals surface area (Å²) in [6, 6.07) is 3.76. The second-order valence-electron chi connectivity index (χ2n) is 3.99. The Balaban J connectivity index is 2.62. The Labute approximate surface area is 111 Å². The van der Waals surface area contributed by atoms with E-state index in [1.807, 2.05) is 6.92 Å². The van der Waals surface area contributed by atoms with Crippen LogP contribution in [0, 0.1) is 11.7 Å². The number of rotatable bonds is 6. The molecule has 0 aliphatic carbocycles. The molecule has 7 heteroatoms. The summed E-state index contributed by atoms with van der Waals surface area (Å²) in [4.78, 5) is 0. The van der Waals surface area contributed by atoms with E-state index < -0.39 is 15.8 Å². The Morgan fingerprint density at radius 3 is 2.67 bits per heavy atom. The van der Waals surface area contributed by atoms with E-state index in [9.17, 15) is 12.8 Å². The fourth-order valence-electron chi connectivity index (χ4n) is 1.41. The number of halogens is 2. The number of nitrogens with two attached hydrogens (primary N) is 1. The van der Waals surface area contributed by atoms with Crippen molar-refractivity contribution >= 4 is 21.6 Å². The van der Waals surface area contributed by atoms with Gasteiger partial charge in [0.15, 0.2) is 0 Å². The number of benzene rings is 1. The van der Waals surface area contributed by atoms with E-state index >= 15 is 0 Å². The molecule has 1 atom stereocenters. The van der Waals surface area contributed by atoms with Crippen LogP contribution in [0.25, 0.3) is 0 Å². The largest absolute Gasteiger partial charge is 0.492 e. The van der Waals surface area contributed by atoms with Gasteiger partial charge in [0.05, 0.1) is 17.4 Å². The first-order valence-electron chi connectivity index (χ1n) is 5.40. The zero-order valence-electron chi connectivity index (χ0n) is 9.90. The minimum absolute atomic E-state index is 0.150. The lowest BCUT2D eigenvalue weighted by molar-refractivity contribution is 0.257. The van der Waals surface area contributed by atoms with Crippen LogP contribution in [0.3, 0.4) is 0 Å². The van der Waals surface area contributed by atoms with Crippen molar-refractivity contribution in [1.82, 2.24) is 0 Å². The van der Waals surface area contributed by atoms with E-state index in [0.717, 1.165) is 6.07 Å². The van der Waals surface area contributed by atoms with Crippen LogP contribution in [-0.4, -0.2) is 20.8 Å². The maximum absolute atomic E-state index is 12.8. The molecule has 0 amide bonds. The molecular formula is C11H15ClFNO3S. The van der Waals surface area contributed by atoms with Crippen LogP contribution in [0.1, 0.15) is 13.3 Å². The molecule has 0 aliphatic heterocycles. The predicted octanol–water partition coefficient (Wildman–Crippen LogP) is 2.17. The fraction of sp³-hybridized carbons (Fsp3) is 0.455. The molecule has 0 saturated carbocycles. The summed E-state index contributed by atoms with van der Waals surface area (Å²) in [6.07, 6.45) is 0.606. The van der Waals surface area contributed by atoms with Gasteiger partial charge in [0.2, 0.25) is 10.0 Å². The van der Waals surface area contributed by atoms with Gasteiger partial charge in [-0.15, -0.1) is 0 Å². The van der Waals surface area contributed by atoms with Crippen molar-refractivity contribution in [3.63, 3.8) is 0 Å². The van der Waals surface area contributed by atoms with Gasteiger partial charge in [-0.05, 0) is 24.6 Å². The minimum atomic E-state index is -3.53. The summed E-state index contributed by atoms with van der Waals surface area (Å²) in [7, 11) is -3.53. The monoisotopic (exact) mass is 295 g/mol. The maximum atomic E-state index is 12.8. The highest BCUT2D eigenvalue weighted by atomic mass is 35.5. The van der Waals surface area contributed by atoms with Gasteiger partial charge in [0, 0.05) is 5.92 Å². The molecule has 0 aromatic heterocycles. The van der Waals surface area contributed by atoms with Gasteiger partial charge < -0.3 is 4.74 Å². The number of primary sulfonamides is 1. The second kappa shape index (κ2) is 6.36. The van der Waals surface area contributed by atoms with Crippen molar-refractivity contribution in [2.45, 2.75) is 13.3 Å². The standard InChI is InChI=1S/C11H15ClFNO3S/c1-2-8(7-18(14,15)16)6-17-11-4-3-9(13)5-10(11)12/h3-5,8H,2,6-7H2,1H3,(H2,14,15,16). The molecule has 1 unspecified atom stereocenters. The van der Waals surface area contributed by atoms with Crippen molar-refractivity contribution in [3.8, 4) is 5.75 Å². The third-order valence-electron chi connectivity index (χ3n) is 2.41. The third kappa shape index (κ3) is 5.20. The van der Waals surface area contributed by atoms with Crippen LogP contribution in [0.5, 0.6) is 5.75 Å². The number of hydrogen-bond acceptors (Lipinski definition) is 3. The fourth-order valence-corrected chi connectivity index (χ4v) is 2.62. The van der Waals surface area contributed by atoms with Crippen LogP contribution >= 0.6 is 11.6 Å². The summed E-state index contributed by atoms with van der Waals surface area (Å²) in [5.41, 5.74) is 0. The molecule has 0 bridgehead atoms. The Hall–Kier alpha value is -0.850. The number of hydrogen-bond donors (Lipinski definition) is 1. The highest BCUT2D eigenvalue weighted by Gasteiger charge is 2.15. The lowest BCUT2D eigenvalue weighted by Gasteiger charge is -2.15. The molecule has 0 radical (unpaired) electrons. The van der Waals surface area contributed by atoms with Crippen LogP contribution < -0.4 is 9.88 Å². The molecule has 4 nitrogen and oxygen atoms in total. The average molecular weight is 296 g/mol. The van der Waals surface area contributed by atoms with Gasteiger partial charge in [-0.3, -0.25) is 0 Å². The number of ether oxygens (including phenoxy) is 1. The van der Waals surface area contributed by atoms with Gasteiger partial charge in [0.25, 0.3) is 0 Å². The van der Waals surface area contributed by atoms with Crippen molar-refractivity contribution in [2.24, 2.45) is 11.1 Å². The first-order chi connectivity index (χ1) is 8.31. The van der Waals surface area contributed by atoms with E-state index in [-0.39, 0.29) is 23.3 Å². The Morgan fingerprint density at radius 1 is 1.50 bits per heavy atom. The molecule has 102 valence electrons. The normalized spacial score (nSPS) is 13.3. The lowest BCUT2D eigenvalue weighted by atomic mass is 10.1. The molecule has 0 heterocycles. The Bertz CT molecular complexity index is 507. The van der Waals surface area contributed by atoms with Gasteiger partial charge >= 0.3 is 0 Å². The van der Waals surface area contributed by atoms with Crippen LogP contribution in [0.4, 0.5) is 4.39 Å². The molecule has 1 aromatic carbocycles. The van der Waals surface area contributed by atoms with Gasteiger partial charge in [0.1, 0.15) is 11.6 Å². The second-order valence-corrected chi connectivity index (χ2v) is 6.06. The molecule has 0 saturated heterocycles. The first-order valence-corrected chi connectivity index (χ1v) is 7.49.